The highest BCUT2D eigenvalue weighted by Crippen LogP contribution is 2.28. The molecule has 0 N–H and O–H groups in total. The Morgan fingerprint density at radius 1 is 0.722 bits per heavy atom. The van der Waals surface area contributed by atoms with E-state index in [2.05, 4.69) is 0 Å². The van der Waals surface area contributed by atoms with Gasteiger partial charge in [0.2, 0.25) is 0 Å². The third kappa shape index (κ3) is 2.62. The molecule has 0 aliphatic rings. The smallest absolute Gasteiger partial charge is 0.166 e. The summed E-state index contributed by atoms with van der Waals surface area (Å²) < 4.78 is 40.4. The van der Waals surface area contributed by atoms with Crippen LogP contribution < -0.4 is 0 Å². The molecule has 2 aromatic carbocycles. The van der Waals surface area contributed by atoms with Crippen LogP contribution in [0.3, 0.4) is 0 Å². The predicted octanol–water partition coefficient (Wildman–Crippen LogP) is 4.90. The molecule has 0 aromatic heterocycles. The average molecular weight is 248 g/mol. The van der Waals surface area contributed by atoms with Gasteiger partial charge in [-0.2, -0.15) is 0 Å². The van der Waals surface area contributed by atoms with Crippen molar-refractivity contribution in [3.05, 3.63) is 71.0 Å². The second-order valence-electron chi connectivity index (χ2n) is 4.00. The van der Waals surface area contributed by atoms with Crippen LogP contribution in [0.15, 0.2) is 48.5 Å². The van der Waals surface area contributed by atoms with Gasteiger partial charge in [0.25, 0.3) is 0 Å². The van der Waals surface area contributed by atoms with Gasteiger partial charge < -0.3 is 0 Å². The number of aryl methyl sites for hydroxylation is 1. The molecule has 0 unspecified atom stereocenters. The van der Waals surface area contributed by atoms with E-state index in [4.69, 9.17) is 0 Å². The summed E-state index contributed by atoms with van der Waals surface area (Å²) in [6.07, 6.45) is 0. The third-order valence-corrected chi connectivity index (χ3v) is 2.60. The molecular formula is C15H11F3. The first-order valence-corrected chi connectivity index (χ1v) is 5.46. The predicted molar refractivity (Wildman–Crippen MR) is 66.6 cm³/mol. The van der Waals surface area contributed by atoms with Crippen molar-refractivity contribution >= 4 is 11.7 Å². The van der Waals surface area contributed by atoms with Gasteiger partial charge in [-0.25, -0.2) is 13.2 Å². The fourth-order valence-electron chi connectivity index (χ4n) is 1.55. The van der Waals surface area contributed by atoms with E-state index in [0.29, 0.717) is 0 Å². The lowest BCUT2D eigenvalue weighted by atomic mass is 10.1. The molecule has 0 saturated carbocycles. The molecule has 2 rings (SSSR count). The van der Waals surface area contributed by atoms with Crippen molar-refractivity contribution < 1.29 is 13.2 Å². The third-order valence-electron chi connectivity index (χ3n) is 2.60. The fourth-order valence-corrected chi connectivity index (χ4v) is 1.55. The molecule has 0 radical (unpaired) electrons. The lowest BCUT2D eigenvalue weighted by Crippen LogP contribution is -1.85. The number of rotatable bonds is 2. The zero-order chi connectivity index (χ0) is 13.1. The summed E-state index contributed by atoms with van der Waals surface area (Å²) in [7, 11) is 0. The summed E-state index contributed by atoms with van der Waals surface area (Å²) in [6.45, 7) is 1.86. The van der Waals surface area contributed by atoms with Crippen LogP contribution in [0.4, 0.5) is 13.2 Å². The molecule has 0 nitrogen and oxygen atoms in total. The van der Waals surface area contributed by atoms with Gasteiger partial charge in [-0.1, -0.05) is 29.8 Å². The lowest BCUT2D eigenvalue weighted by molar-refractivity contribution is 0.627. The summed E-state index contributed by atoms with van der Waals surface area (Å²) in [5.74, 6) is -2.41. The zero-order valence-corrected chi connectivity index (χ0v) is 9.75. The number of benzene rings is 2. The van der Waals surface area contributed by atoms with Crippen molar-refractivity contribution in [3.63, 3.8) is 0 Å². The molecule has 0 atom stereocenters. The van der Waals surface area contributed by atoms with Gasteiger partial charge in [-0.15, -0.1) is 0 Å². The molecule has 3 heteroatoms. The monoisotopic (exact) mass is 248 g/mol. The van der Waals surface area contributed by atoms with E-state index in [0.717, 1.165) is 17.7 Å². The van der Waals surface area contributed by atoms with Crippen LogP contribution in [0.1, 0.15) is 16.7 Å². The van der Waals surface area contributed by atoms with Crippen molar-refractivity contribution in [2.24, 2.45) is 0 Å². The van der Waals surface area contributed by atoms with E-state index in [1.807, 2.05) is 6.92 Å². The summed E-state index contributed by atoms with van der Waals surface area (Å²) >= 11 is 0. The highest BCUT2D eigenvalue weighted by Gasteiger charge is 2.11. The van der Waals surface area contributed by atoms with Crippen molar-refractivity contribution in [1.29, 1.82) is 0 Å². The van der Waals surface area contributed by atoms with Crippen molar-refractivity contribution in [2.75, 3.05) is 0 Å². The topological polar surface area (TPSA) is 0 Å². The Kier molecular flexibility index (Phi) is 3.51. The average Bonchev–Trinajstić information content (AvgIpc) is 2.39. The minimum Gasteiger partial charge on any atom is -0.207 e. The molecule has 0 spiro atoms. The van der Waals surface area contributed by atoms with Crippen LogP contribution in [0.2, 0.25) is 0 Å². The van der Waals surface area contributed by atoms with Crippen LogP contribution in [0.25, 0.3) is 11.7 Å². The van der Waals surface area contributed by atoms with E-state index in [9.17, 15) is 13.2 Å². The maximum Gasteiger partial charge on any atom is 0.166 e. The fraction of sp³-hybridized carbons (Fsp3) is 0.0667. The van der Waals surface area contributed by atoms with Crippen LogP contribution >= 0.6 is 0 Å². The first-order valence-electron chi connectivity index (χ1n) is 5.46. The summed E-state index contributed by atoms with van der Waals surface area (Å²) in [4.78, 5) is 0. The van der Waals surface area contributed by atoms with Gasteiger partial charge in [0.15, 0.2) is 11.7 Å². The van der Waals surface area contributed by atoms with Gasteiger partial charge >= 0.3 is 0 Å². The Morgan fingerprint density at radius 3 is 1.56 bits per heavy atom. The maximum atomic E-state index is 13.9. The van der Waals surface area contributed by atoms with Crippen molar-refractivity contribution in [2.45, 2.75) is 6.92 Å². The molecule has 0 heterocycles. The van der Waals surface area contributed by atoms with Gasteiger partial charge in [-0.3, -0.25) is 0 Å². The van der Waals surface area contributed by atoms with E-state index < -0.39 is 17.5 Å². The molecule has 0 fully saturated rings. The first kappa shape index (κ1) is 12.4. The second kappa shape index (κ2) is 5.08. The van der Waals surface area contributed by atoms with Gasteiger partial charge in [-0.05, 0) is 31.2 Å². The molecule has 92 valence electrons. The SMILES string of the molecule is Cc1ccc(C(F)=C(F)c2ccc(F)cc2)cc1. The van der Waals surface area contributed by atoms with Crippen LogP contribution in [-0.2, 0) is 0 Å². The van der Waals surface area contributed by atoms with E-state index in [-0.39, 0.29) is 11.1 Å². The molecule has 0 aliphatic heterocycles. The van der Waals surface area contributed by atoms with Crippen LogP contribution in [0.5, 0.6) is 0 Å². The normalized spacial score (nSPS) is 12.2. The number of hydrogen-bond donors (Lipinski definition) is 0. The molecule has 0 saturated heterocycles. The molecule has 2 aromatic rings. The number of hydrogen-bond acceptors (Lipinski definition) is 0. The maximum absolute atomic E-state index is 13.9. The van der Waals surface area contributed by atoms with Gasteiger partial charge in [0.1, 0.15) is 5.82 Å². The Bertz CT molecular complexity index is 512. The summed E-state index contributed by atoms with van der Waals surface area (Å²) in [6, 6.07) is 11.0. The molecular weight excluding hydrogens is 237 g/mol. The second-order valence-corrected chi connectivity index (χ2v) is 4.00. The van der Waals surface area contributed by atoms with Crippen molar-refractivity contribution in [3.8, 4) is 0 Å². The number of halogens is 3. The Balaban J connectivity index is 2.40. The van der Waals surface area contributed by atoms with Gasteiger partial charge in [0, 0.05) is 11.1 Å². The minimum absolute atomic E-state index is 0.0227. The van der Waals surface area contributed by atoms with Crippen LogP contribution in [0, 0.1) is 12.7 Å². The summed E-state index contributed by atoms with van der Waals surface area (Å²) in [5.41, 5.74) is 1.16. The Morgan fingerprint density at radius 2 is 1.11 bits per heavy atom. The van der Waals surface area contributed by atoms with Crippen LogP contribution in [-0.4, -0.2) is 0 Å². The van der Waals surface area contributed by atoms with Gasteiger partial charge in [0.05, 0.1) is 0 Å². The Labute approximate surface area is 103 Å². The summed E-state index contributed by atoms with van der Waals surface area (Å²) in [5, 5.41) is 0. The zero-order valence-electron chi connectivity index (χ0n) is 9.75. The highest BCUT2D eigenvalue weighted by atomic mass is 19.2. The quantitative estimate of drug-likeness (QED) is 0.663. The Hall–Kier alpha value is -2.03. The lowest BCUT2D eigenvalue weighted by Gasteiger charge is -2.02. The van der Waals surface area contributed by atoms with Crippen molar-refractivity contribution in [1.82, 2.24) is 0 Å². The van der Waals surface area contributed by atoms with E-state index >= 15 is 0 Å². The standard InChI is InChI=1S/C15H11F3/c1-10-2-4-11(5-3-10)14(17)15(18)12-6-8-13(16)9-7-12/h2-9H,1H3. The van der Waals surface area contributed by atoms with E-state index in [1.165, 1.54) is 24.3 Å². The van der Waals surface area contributed by atoms with E-state index in [1.54, 1.807) is 12.1 Å². The molecule has 18 heavy (non-hydrogen) atoms. The minimum atomic E-state index is -0.987. The largest absolute Gasteiger partial charge is 0.207 e. The molecule has 0 bridgehead atoms. The molecule has 0 aliphatic carbocycles. The highest BCUT2D eigenvalue weighted by molar-refractivity contribution is 5.83. The first-order chi connectivity index (χ1) is 8.58. The molecule has 0 amide bonds.